The average Bonchev–Trinajstić information content (AvgIpc) is 2.29. The lowest BCUT2D eigenvalue weighted by molar-refractivity contribution is 0.0655. The minimum atomic E-state index is 0. The highest BCUT2D eigenvalue weighted by atomic mass is 127. The van der Waals surface area contributed by atoms with Crippen molar-refractivity contribution in [2.75, 3.05) is 19.6 Å². The van der Waals surface area contributed by atoms with Crippen LogP contribution in [0.15, 0.2) is 24.3 Å². The van der Waals surface area contributed by atoms with Gasteiger partial charge in [0.2, 0.25) is 0 Å². The molecule has 0 aliphatic carbocycles. The second-order valence-corrected chi connectivity index (χ2v) is 5.31. The zero-order chi connectivity index (χ0) is 11.5. The van der Waals surface area contributed by atoms with Gasteiger partial charge in [0.05, 0.1) is 0 Å². The Kier molecular flexibility index (Phi) is 5.69. The van der Waals surface area contributed by atoms with Crippen LogP contribution in [0.3, 0.4) is 0 Å². The van der Waals surface area contributed by atoms with Gasteiger partial charge in [0.25, 0.3) is 5.91 Å². The summed E-state index contributed by atoms with van der Waals surface area (Å²) in [5.74, 6) is 0.146. The fourth-order valence-corrected chi connectivity index (χ4v) is 2.47. The van der Waals surface area contributed by atoms with Crippen LogP contribution in [0.1, 0.15) is 17.3 Å². The number of carbonyl (C=O) groups excluding carboxylic acids is 1. The van der Waals surface area contributed by atoms with E-state index < -0.39 is 0 Å². The zero-order valence-electron chi connectivity index (χ0n) is 9.65. The highest BCUT2D eigenvalue weighted by molar-refractivity contribution is 14.1. The molecule has 1 aliphatic heterocycles. The molecule has 1 aromatic rings. The first-order valence-electron chi connectivity index (χ1n) is 5.46. The van der Waals surface area contributed by atoms with Crippen LogP contribution >= 0.6 is 35.0 Å². The molecule has 1 N–H and O–H groups in total. The number of benzene rings is 1. The number of amides is 1. The van der Waals surface area contributed by atoms with Crippen molar-refractivity contribution in [2.45, 2.75) is 13.0 Å². The van der Waals surface area contributed by atoms with Gasteiger partial charge in [-0.15, -0.1) is 12.4 Å². The SMILES string of the molecule is CC1CNCCN1C(=O)c1cccc(I)c1.Cl. The fourth-order valence-electron chi connectivity index (χ4n) is 1.93. The maximum atomic E-state index is 12.3. The standard InChI is InChI=1S/C12H15IN2O.ClH/c1-9-8-14-5-6-15(9)12(16)10-3-2-4-11(13)7-10;/h2-4,7,9,14H,5-6,8H2,1H3;1H. The van der Waals surface area contributed by atoms with E-state index in [1.807, 2.05) is 29.2 Å². The number of rotatable bonds is 1. The van der Waals surface area contributed by atoms with Crippen molar-refractivity contribution in [3.05, 3.63) is 33.4 Å². The largest absolute Gasteiger partial charge is 0.333 e. The Balaban J connectivity index is 0.00000144. The predicted octanol–water partition coefficient (Wildman–Crippen LogP) is 2.15. The maximum absolute atomic E-state index is 12.3. The molecule has 17 heavy (non-hydrogen) atoms. The van der Waals surface area contributed by atoms with Crippen LogP contribution in [0.5, 0.6) is 0 Å². The summed E-state index contributed by atoms with van der Waals surface area (Å²) in [6.07, 6.45) is 0. The molecule has 3 nitrogen and oxygen atoms in total. The number of halogens is 2. The lowest BCUT2D eigenvalue weighted by Gasteiger charge is -2.34. The molecule has 0 saturated carbocycles. The number of hydrogen-bond donors (Lipinski definition) is 1. The number of piperazine rings is 1. The molecule has 1 fully saturated rings. The van der Waals surface area contributed by atoms with Gasteiger partial charge in [-0.3, -0.25) is 4.79 Å². The Bertz CT molecular complexity index is 400. The number of carbonyl (C=O) groups is 1. The van der Waals surface area contributed by atoms with Crippen molar-refractivity contribution in [3.63, 3.8) is 0 Å². The highest BCUT2D eigenvalue weighted by Gasteiger charge is 2.23. The van der Waals surface area contributed by atoms with Crippen LogP contribution in [0, 0.1) is 3.57 Å². The molecule has 1 atom stereocenters. The van der Waals surface area contributed by atoms with E-state index in [1.54, 1.807) is 0 Å². The second-order valence-electron chi connectivity index (χ2n) is 4.06. The van der Waals surface area contributed by atoms with Crippen LogP contribution in [0.4, 0.5) is 0 Å². The molecule has 1 aromatic carbocycles. The van der Waals surface area contributed by atoms with Gasteiger partial charge in [-0.25, -0.2) is 0 Å². The van der Waals surface area contributed by atoms with Crippen LogP contribution in [0.2, 0.25) is 0 Å². The van der Waals surface area contributed by atoms with E-state index in [-0.39, 0.29) is 24.4 Å². The number of nitrogens with zero attached hydrogens (tertiary/aromatic N) is 1. The van der Waals surface area contributed by atoms with Gasteiger partial charge in [-0.05, 0) is 47.7 Å². The molecule has 0 spiro atoms. The van der Waals surface area contributed by atoms with E-state index in [2.05, 4.69) is 34.8 Å². The zero-order valence-corrected chi connectivity index (χ0v) is 12.6. The van der Waals surface area contributed by atoms with E-state index in [0.717, 1.165) is 28.8 Å². The van der Waals surface area contributed by atoms with E-state index in [1.165, 1.54) is 0 Å². The van der Waals surface area contributed by atoms with E-state index >= 15 is 0 Å². The van der Waals surface area contributed by atoms with E-state index in [4.69, 9.17) is 0 Å². The Hall–Kier alpha value is -0.330. The minimum Gasteiger partial charge on any atom is -0.333 e. The molecule has 0 aromatic heterocycles. The second kappa shape index (κ2) is 6.56. The average molecular weight is 367 g/mol. The van der Waals surface area contributed by atoms with Gasteiger partial charge in [-0.2, -0.15) is 0 Å². The van der Waals surface area contributed by atoms with Crippen molar-refractivity contribution < 1.29 is 4.79 Å². The van der Waals surface area contributed by atoms with Crippen LogP contribution in [-0.4, -0.2) is 36.5 Å². The molecule has 94 valence electrons. The smallest absolute Gasteiger partial charge is 0.254 e. The third kappa shape index (κ3) is 3.56. The molecule has 5 heteroatoms. The molecule has 1 amide bonds. The molecule has 0 bridgehead atoms. The normalized spacial score (nSPS) is 19.6. The molecule has 1 saturated heterocycles. The molecule has 2 rings (SSSR count). The summed E-state index contributed by atoms with van der Waals surface area (Å²) in [5, 5.41) is 3.29. The van der Waals surface area contributed by atoms with Gasteiger partial charge >= 0.3 is 0 Å². The van der Waals surface area contributed by atoms with Crippen molar-refractivity contribution >= 4 is 40.9 Å². The summed E-state index contributed by atoms with van der Waals surface area (Å²) in [6.45, 7) is 4.65. The first kappa shape index (κ1) is 14.7. The first-order chi connectivity index (χ1) is 7.68. The van der Waals surface area contributed by atoms with Gasteiger partial charge in [-0.1, -0.05) is 6.07 Å². The Morgan fingerprint density at radius 3 is 2.94 bits per heavy atom. The van der Waals surface area contributed by atoms with Crippen LogP contribution in [0.25, 0.3) is 0 Å². The van der Waals surface area contributed by atoms with Gasteiger partial charge in [0.15, 0.2) is 0 Å². The summed E-state index contributed by atoms with van der Waals surface area (Å²) >= 11 is 2.23. The van der Waals surface area contributed by atoms with Crippen molar-refractivity contribution in [1.82, 2.24) is 10.2 Å². The van der Waals surface area contributed by atoms with Crippen molar-refractivity contribution in [3.8, 4) is 0 Å². The molecule has 1 unspecified atom stereocenters. The third-order valence-electron chi connectivity index (χ3n) is 2.83. The summed E-state index contributed by atoms with van der Waals surface area (Å²) in [5.41, 5.74) is 0.792. The lowest BCUT2D eigenvalue weighted by Crippen LogP contribution is -2.52. The Morgan fingerprint density at radius 2 is 2.29 bits per heavy atom. The van der Waals surface area contributed by atoms with Gasteiger partial charge < -0.3 is 10.2 Å². The van der Waals surface area contributed by atoms with Crippen LogP contribution < -0.4 is 5.32 Å². The van der Waals surface area contributed by atoms with Gasteiger partial charge in [0, 0.05) is 34.8 Å². The Morgan fingerprint density at radius 1 is 1.53 bits per heavy atom. The summed E-state index contributed by atoms with van der Waals surface area (Å²) in [4.78, 5) is 14.2. The molecule has 1 heterocycles. The predicted molar refractivity (Wildman–Crippen MR) is 79.8 cm³/mol. The van der Waals surface area contributed by atoms with Crippen molar-refractivity contribution in [1.29, 1.82) is 0 Å². The number of nitrogens with one attached hydrogen (secondary N) is 1. The monoisotopic (exact) mass is 366 g/mol. The van der Waals surface area contributed by atoms with E-state index in [9.17, 15) is 4.79 Å². The number of hydrogen-bond acceptors (Lipinski definition) is 2. The fraction of sp³-hybridized carbons (Fsp3) is 0.417. The topological polar surface area (TPSA) is 32.3 Å². The van der Waals surface area contributed by atoms with E-state index in [0.29, 0.717) is 0 Å². The molecular formula is C12H16ClIN2O. The third-order valence-corrected chi connectivity index (χ3v) is 3.50. The summed E-state index contributed by atoms with van der Waals surface area (Å²) in [7, 11) is 0. The molecule has 0 radical (unpaired) electrons. The summed E-state index contributed by atoms with van der Waals surface area (Å²) < 4.78 is 1.10. The van der Waals surface area contributed by atoms with Crippen molar-refractivity contribution in [2.24, 2.45) is 0 Å². The summed E-state index contributed by atoms with van der Waals surface area (Å²) in [6, 6.07) is 8.04. The van der Waals surface area contributed by atoms with Gasteiger partial charge in [0.1, 0.15) is 0 Å². The Labute approximate surface area is 122 Å². The minimum absolute atomic E-state index is 0. The highest BCUT2D eigenvalue weighted by Crippen LogP contribution is 2.13. The molecular weight excluding hydrogens is 351 g/mol. The quantitative estimate of drug-likeness (QED) is 0.773. The maximum Gasteiger partial charge on any atom is 0.254 e. The molecule has 1 aliphatic rings. The lowest BCUT2D eigenvalue weighted by atomic mass is 10.1. The van der Waals surface area contributed by atoms with Crippen LogP contribution in [-0.2, 0) is 0 Å². The first-order valence-corrected chi connectivity index (χ1v) is 6.53.